The highest BCUT2D eigenvalue weighted by atomic mass is 15.6. The molecule has 42 heavy (non-hydrogen) atoms. The number of hydrogen-bond donors (Lipinski definition) is 0. The third-order valence-electron chi connectivity index (χ3n) is 6.16. The molecule has 0 unspecified atom stereocenters. The van der Waals surface area contributed by atoms with Gasteiger partial charge in [0.25, 0.3) is 23.8 Å². The van der Waals surface area contributed by atoms with Crippen LogP contribution in [0, 0.1) is 0 Å². The van der Waals surface area contributed by atoms with E-state index in [0.717, 1.165) is 0 Å². The van der Waals surface area contributed by atoms with Gasteiger partial charge in [-0.1, -0.05) is 24.3 Å². The zero-order valence-electron chi connectivity index (χ0n) is 20.9. The molecule has 0 radical (unpaired) electrons. The van der Waals surface area contributed by atoms with Crippen LogP contribution in [-0.2, 0) is 0 Å². The van der Waals surface area contributed by atoms with Crippen molar-refractivity contribution in [2.75, 3.05) is 19.6 Å². The summed E-state index contributed by atoms with van der Waals surface area (Å²) in [6.07, 6.45) is 4.94. The molecule has 2 aromatic carbocycles. The summed E-state index contributed by atoms with van der Waals surface area (Å²) in [5, 5.41) is 66.0. The topological polar surface area (TPSA) is 219 Å². The standard InChI is InChI=1S/C22H12N20/c1-2-6-14-13(5-1)39(19-31-23-9-24-32-19)17(40(14)20-33-25-10-26-34-20)18-41(21-35-27-11-28-36-21)15-7-3-4-8-16(15)42(18)22-37-29-12-30-38-22/h1-12H. The third-order valence-corrected chi connectivity index (χ3v) is 6.16. The van der Waals surface area contributed by atoms with Crippen LogP contribution in [0.15, 0.2) is 85.5 Å². The summed E-state index contributed by atoms with van der Waals surface area (Å²) < 4.78 is 0. The number of hydrogen-bond acceptors (Lipinski definition) is 20. The van der Waals surface area contributed by atoms with Gasteiger partial charge in [0.2, 0.25) is 0 Å². The Labute approximate surface area is 233 Å². The van der Waals surface area contributed by atoms with Gasteiger partial charge in [0, 0.05) is 0 Å². The molecule has 20 nitrogen and oxygen atoms in total. The van der Waals surface area contributed by atoms with E-state index in [1.54, 1.807) is 19.6 Å². The van der Waals surface area contributed by atoms with Gasteiger partial charge in [-0.05, 0) is 24.3 Å². The van der Waals surface area contributed by atoms with Gasteiger partial charge in [-0.2, -0.15) is 0 Å². The number of para-hydroxylation sites is 4. The van der Waals surface area contributed by atoms with Crippen molar-refractivity contribution in [3.8, 4) is 0 Å². The van der Waals surface area contributed by atoms with Crippen LogP contribution >= 0.6 is 0 Å². The molecule has 200 valence electrons. The lowest BCUT2D eigenvalue weighted by Gasteiger charge is -2.29. The average molecular weight is 556 g/mol. The first-order valence-electron chi connectivity index (χ1n) is 12.0. The molecule has 0 saturated carbocycles. The van der Waals surface area contributed by atoms with E-state index < -0.39 is 0 Å². The van der Waals surface area contributed by atoms with Crippen LogP contribution in [0.5, 0.6) is 0 Å². The van der Waals surface area contributed by atoms with Crippen molar-refractivity contribution >= 4 is 46.5 Å². The van der Waals surface area contributed by atoms with Crippen molar-refractivity contribution < 1.29 is 0 Å². The van der Waals surface area contributed by atoms with Crippen LogP contribution < -0.4 is 19.6 Å². The highest BCUT2D eigenvalue weighted by Crippen LogP contribution is 2.54. The molecule has 0 saturated heterocycles. The predicted octanol–water partition coefficient (Wildman–Crippen LogP) is 0.413. The Balaban J connectivity index is 1.53. The van der Waals surface area contributed by atoms with Gasteiger partial charge >= 0.3 is 0 Å². The molecule has 6 heterocycles. The van der Waals surface area contributed by atoms with Crippen molar-refractivity contribution in [3.63, 3.8) is 0 Å². The second-order valence-electron chi connectivity index (χ2n) is 8.35. The minimum atomic E-state index is 0.137. The fourth-order valence-electron chi connectivity index (χ4n) is 4.70. The minimum absolute atomic E-state index is 0.137. The van der Waals surface area contributed by atoms with Crippen LogP contribution in [0.4, 0.5) is 46.5 Å². The van der Waals surface area contributed by atoms with Gasteiger partial charge in [-0.3, -0.25) is 19.6 Å². The number of aromatic nitrogens is 16. The number of fused-ring (bicyclic) bond motifs is 2. The van der Waals surface area contributed by atoms with Gasteiger partial charge < -0.3 is 0 Å². The van der Waals surface area contributed by atoms with E-state index in [9.17, 15) is 0 Å². The molecule has 0 bridgehead atoms. The highest BCUT2D eigenvalue weighted by molar-refractivity contribution is 5.97. The molecule has 0 spiro atoms. The molecule has 2 aliphatic rings. The molecule has 6 aromatic rings. The second kappa shape index (κ2) is 9.41. The van der Waals surface area contributed by atoms with Crippen molar-refractivity contribution in [1.29, 1.82) is 0 Å². The highest BCUT2D eigenvalue weighted by Gasteiger charge is 2.47. The zero-order valence-corrected chi connectivity index (χ0v) is 20.9. The third kappa shape index (κ3) is 3.48. The summed E-state index contributed by atoms with van der Waals surface area (Å²) in [5.74, 6) is 1.29. The summed E-state index contributed by atoms with van der Waals surface area (Å²) in [6.45, 7) is 0. The number of rotatable bonds is 4. The first kappa shape index (κ1) is 23.1. The summed E-state index contributed by atoms with van der Waals surface area (Å²) in [5.41, 5.74) is 2.59. The Hall–Kier alpha value is -6.86. The van der Waals surface area contributed by atoms with Gasteiger partial charge in [0.1, 0.15) is 0 Å². The van der Waals surface area contributed by atoms with Gasteiger partial charge in [-0.25, -0.2) is 0 Å². The Bertz CT molecular complexity index is 1630. The maximum atomic E-state index is 4.27. The Morgan fingerprint density at radius 1 is 0.310 bits per heavy atom. The normalized spacial score (nSPS) is 13.9. The van der Waals surface area contributed by atoms with E-state index in [2.05, 4.69) is 81.6 Å². The Morgan fingerprint density at radius 3 is 0.738 bits per heavy atom. The van der Waals surface area contributed by atoms with E-state index in [-0.39, 0.29) is 23.8 Å². The first-order valence-corrected chi connectivity index (χ1v) is 12.0. The molecule has 2 aliphatic heterocycles. The fourth-order valence-corrected chi connectivity index (χ4v) is 4.70. The van der Waals surface area contributed by atoms with E-state index >= 15 is 0 Å². The lowest BCUT2D eigenvalue weighted by atomic mass is 10.2. The first-order chi connectivity index (χ1) is 20.9. The van der Waals surface area contributed by atoms with Crippen LogP contribution in [0.1, 0.15) is 0 Å². The summed E-state index contributed by atoms with van der Waals surface area (Å²) in [7, 11) is 0. The quantitative estimate of drug-likeness (QED) is 0.287. The van der Waals surface area contributed by atoms with Crippen LogP contribution in [0.25, 0.3) is 0 Å². The largest absolute Gasteiger partial charge is 0.275 e. The lowest BCUT2D eigenvalue weighted by molar-refractivity contribution is 0.789. The number of nitrogens with zero attached hydrogens (tertiary/aromatic N) is 20. The molecule has 20 heteroatoms. The van der Waals surface area contributed by atoms with Gasteiger partial charge in [-0.15, -0.1) is 81.6 Å². The Kier molecular flexibility index (Phi) is 5.16. The van der Waals surface area contributed by atoms with Crippen LogP contribution in [0.3, 0.4) is 0 Å². The van der Waals surface area contributed by atoms with Crippen LogP contribution in [0.2, 0.25) is 0 Å². The maximum Gasteiger partial charge on any atom is 0.275 e. The van der Waals surface area contributed by atoms with E-state index in [1.807, 2.05) is 48.5 Å². The van der Waals surface area contributed by atoms with Crippen molar-refractivity contribution in [2.24, 2.45) is 0 Å². The average Bonchev–Trinajstić information content (AvgIpc) is 3.59. The molecule has 0 amide bonds. The summed E-state index contributed by atoms with van der Waals surface area (Å²) in [4.78, 5) is 6.89. The van der Waals surface area contributed by atoms with Gasteiger partial charge in [0.05, 0.1) is 22.7 Å². The van der Waals surface area contributed by atoms with Crippen molar-refractivity contribution in [2.45, 2.75) is 0 Å². The maximum absolute atomic E-state index is 4.27. The molecule has 4 aromatic heterocycles. The predicted molar refractivity (Wildman–Crippen MR) is 139 cm³/mol. The van der Waals surface area contributed by atoms with Gasteiger partial charge in [0.15, 0.2) is 37.0 Å². The smallest absolute Gasteiger partial charge is 0.256 e. The summed E-state index contributed by atoms with van der Waals surface area (Å²) >= 11 is 0. The Morgan fingerprint density at radius 2 is 0.524 bits per heavy atom. The molecule has 8 rings (SSSR count). The monoisotopic (exact) mass is 556 g/mol. The molecule has 0 aliphatic carbocycles. The lowest BCUT2D eigenvalue weighted by Crippen LogP contribution is -2.36. The second-order valence-corrected chi connectivity index (χ2v) is 8.35. The molecule has 0 N–H and O–H groups in total. The van der Waals surface area contributed by atoms with Crippen LogP contribution in [-0.4, -0.2) is 81.6 Å². The van der Waals surface area contributed by atoms with Crippen molar-refractivity contribution in [1.82, 2.24) is 81.6 Å². The zero-order chi connectivity index (χ0) is 27.9. The SMILES string of the molecule is c1ccc2c(c1)N(c1nncnn1)C(=C1N(c3nncnn3)c3ccccc3N1c1nncnn1)N2c1nncnn1. The number of benzene rings is 2. The van der Waals surface area contributed by atoms with E-state index in [0.29, 0.717) is 34.4 Å². The number of anilines is 8. The minimum Gasteiger partial charge on any atom is -0.256 e. The fraction of sp³-hybridized carbons (Fsp3) is 0. The summed E-state index contributed by atoms with van der Waals surface area (Å²) in [6, 6.07) is 15.0. The molecular weight excluding hydrogens is 544 g/mol. The molecule has 0 fully saturated rings. The van der Waals surface area contributed by atoms with E-state index in [4.69, 9.17) is 0 Å². The molecule has 0 atom stereocenters. The van der Waals surface area contributed by atoms with E-state index in [1.165, 1.54) is 25.3 Å². The molecular formula is C22H12N20. The van der Waals surface area contributed by atoms with Crippen molar-refractivity contribution in [3.05, 3.63) is 85.5 Å².